The summed E-state index contributed by atoms with van der Waals surface area (Å²) in [5, 5.41) is 0.311. The van der Waals surface area contributed by atoms with Crippen molar-refractivity contribution in [3.63, 3.8) is 0 Å². The number of methoxy groups -OCH3 is 1. The van der Waals surface area contributed by atoms with Gasteiger partial charge in [-0.25, -0.2) is 0 Å². The van der Waals surface area contributed by atoms with Crippen LogP contribution in [0.25, 0.3) is 0 Å². The van der Waals surface area contributed by atoms with E-state index in [-0.39, 0.29) is 17.0 Å². The Bertz CT molecular complexity index is 669. The van der Waals surface area contributed by atoms with Crippen molar-refractivity contribution >= 4 is 17.4 Å². The van der Waals surface area contributed by atoms with E-state index < -0.39 is 17.5 Å². The number of rotatable bonds is 3. The Kier molecular flexibility index (Phi) is 4.18. The first-order valence-corrected chi connectivity index (χ1v) is 6.12. The Morgan fingerprint density at radius 1 is 1.24 bits per heavy atom. The molecule has 3 nitrogen and oxygen atoms in total. The fourth-order valence-electron chi connectivity index (χ4n) is 1.69. The van der Waals surface area contributed by atoms with Crippen molar-refractivity contribution in [2.45, 2.75) is 6.18 Å². The highest BCUT2D eigenvalue weighted by atomic mass is 35.5. The van der Waals surface area contributed by atoms with E-state index in [1.165, 1.54) is 25.3 Å². The topological polar surface area (TPSA) is 39.2 Å². The molecule has 7 heteroatoms. The van der Waals surface area contributed by atoms with Crippen molar-refractivity contribution in [1.29, 1.82) is 0 Å². The molecule has 0 N–H and O–H groups in total. The molecule has 110 valence electrons. The lowest BCUT2D eigenvalue weighted by Gasteiger charge is -2.09. The second kappa shape index (κ2) is 5.73. The molecule has 0 atom stereocenters. The van der Waals surface area contributed by atoms with Crippen LogP contribution in [0.4, 0.5) is 13.2 Å². The number of alkyl halides is 3. The highest BCUT2D eigenvalue weighted by Gasteiger charge is 2.31. The quantitative estimate of drug-likeness (QED) is 0.804. The average molecular weight is 316 g/mol. The van der Waals surface area contributed by atoms with Gasteiger partial charge in [0.05, 0.1) is 18.2 Å². The van der Waals surface area contributed by atoms with Gasteiger partial charge in [-0.15, -0.1) is 0 Å². The second-order valence-corrected chi connectivity index (χ2v) is 4.54. The molecule has 0 saturated carbocycles. The van der Waals surface area contributed by atoms with Gasteiger partial charge in [0.25, 0.3) is 0 Å². The number of carbonyl (C=O) groups is 1. The van der Waals surface area contributed by atoms with Crippen molar-refractivity contribution in [3.8, 4) is 5.75 Å². The molecule has 0 aliphatic heterocycles. The first-order chi connectivity index (χ1) is 9.82. The second-order valence-electron chi connectivity index (χ2n) is 4.10. The predicted molar refractivity (Wildman–Crippen MR) is 70.7 cm³/mol. The third-order valence-electron chi connectivity index (χ3n) is 2.73. The number of hydrogen-bond donors (Lipinski definition) is 0. The molecule has 0 bridgehead atoms. The fourth-order valence-corrected chi connectivity index (χ4v) is 1.86. The third-order valence-corrected chi connectivity index (χ3v) is 2.96. The molecule has 2 rings (SSSR count). The van der Waals surface area contributed by atoms with Crippen LogP contribution in [0.15, 0.2) is 36.5 Å². The summed E-state index contributed by atoms with van der Waals surface area (Å²) in [4.78, 5) is 15.8. The summed E-state index contributed by atoms with van der Waals surface area (Å²) in [6.45, 7) is 0. The summed E-state index contributed by atoms with van der Waals surface area (Å²) in [5.74, 6) is -0.297. The first-order valence-electron chi connectivity index (χ1n) is 5.74. The van der Waals surface area contributed by atoms with Crippen molar-refractivity contribution in [2.24, 2.45) is 0 Å². The van der Waals surface area contributed by atoms with Crippen molar-refractivity contribution < 1.29 is 22.7 Å². The molecule has 1 aromatic heterocycles. The maximum Gasteiger partial charge on any atom is 0.417 e. The summed E-state index contributed by atoms with van der Waals surface area (Å²) < 4.78 is 42.4. The number of ether oxygens (including phenoxy) is 1. The maximum absolute atomic E-state index is 12.5. The molecule has 21 heavy (non-hydrogen) atoms. The smallest absolute Gasteiger partial charge is 0.417 e. The summed E-state index contributed by atoms with van der Waals surface area (Å²) in [7, 11) is 1.38. The van der Waals surface area contributed by atoms with E-state index in [0.29, 0.717) is 11.2 Å². The van der Waals surface area contributed by atoms with E-state index in [2.05, 4.69) is 4.98 Å². The number of hydrogen-bond acceptors (Lipinski definition) is 3. The molecule has 1 aromatic carbocycles. The lowest BCUT2D eigenvalue weighted by atomic mass is 10.1. The molecule has 1 heterocycles. The Hall–Kier alpha value is -2.08. The minimum atomic E-state index is -4.50. The number of nitrogens with zero attached hydrogens (tertiary/aromatic N) is 1. The van der Waals surface area contributed by atoms with Crippen LogP contribution in [-0.4, -0.2) is 17.9 Å². The van der Waals surface area contributed by atoms with Gasteiger partial charge in [0, 0.05) is 11.2 Å². The minimum Gasteiger partial charge on any atom is -0.496 e. The summed E-state index contributed by atoms with van der Waals surface area (Å²) in [6.07, 6.45) is -3.88. The van der Waals surface area contributed by atoms with E-state index >= 15 is 0 Å². The molecule has 2 aromatic rings. The largest absolute Gasteiger partial charge is 0.496 e. The minimum absolute atomic E-state index is 0.122. The van der Waals surface area contributed by atoms with Crippen LogP contribution in [-0.2, 0) is 6.18 Å². The Labute approximate surface area is 123 Å². The first kappa shape index (κ1) is 15.3. The lowest BCUT2D eigenvalue weighted by molar-refractivity contribution is -0.137. The summed E-state index contributed by atoms with van der Waals surface area (Å²) in [5.41, 5.74) is -0.905. The van der Waals surface area contributed by atoms with Gasteiger partial charge < -0.3 is 4.74 Å². The number of pyridine rings is 1. The normalized spacial score (nSPS) is 11.3. The van der Waals surface area contributed by atoms with Gasteiger partial charge in [-0.3, -0.25) is 9.78 Å². The van der Waals surface area contributed by atoms with Crippen molar-refractivity contribution in [2.75, 3.05) is 7.11 Å². The summed E-state index contributed by atoms with van der Waals surface area (Å²) in [6, 6.07) is 6.24. The van der Waals surface area contributed by atoms with Crippen LogP contribution in [0.2, 0.25) is 5.02 Å². The molecule has 0 aliphatic carbocycles. The molecular formula is C14H9ClF3NO2. The number of benzene rings is 1. The zero-order valence-electron chi connectivity index (χ0n) is 10.7. The molecule has 0 aliphatic rings. The van der Waals surface area contributed by atoms with Crippen LogP contribution in [0.1, 0.15) is 21.6 Å². The van der Waals surface area contributed by atoms with Crippen LogP contribution >= 0.6 is 11.6 Å². The third kappa shape index (κ3) is 3.33. The Morgan fingerprint density at radius 2 is 1.95 bits per heavy atom. The highest BCUT2D eigenvalue weighted by Crippen LogP contribution is 2.29. The van der Waals surface area contributed by atoms with E-state index in [9.17, 15) is 18.0 Å². The number of aromatic nitrogens is 1. The van der Waals surface area contributed by atoms with E-state index in [1.807, 2.05) is 0 Å². The number of carbonyl (C=O) groups excluding carboxylic acids is 1. The zero-order chi connectivity index (χ0) is 15.6. The van der Waals surface area contributed by atoms with E-state index in [1.54, 1.807) is 0 Å². The van der Waals surface area contributed by atoms with E-state index in [4.69, 9.17) is 16.3 Å². The van der Waals surface area contributed by atoms with Gasteiger partial charge in [-0.05, 0) is 30.3 Å². The highest BCUT2D eigenvalue weighted by molar-refractivity contribution is 6.31. The average Bonchev–Trinajstić information content (AvgIpc) is 2.45. The lowest BCUT2D eigenvalue weighted by Crippen LogP contribution is -2.09. The van der Waals surface area contributed by atoms with Gasteiger partial charge in [-0.2, -0.15) is 13.2 Å². The Balaban J connectivity index is 2.39. The summed E-state index contributed by atoms with van der Waals surface area (Å²) >= 11 is 5.81. The zero-order valence-corrected chi connectivity index (χ0v) is 11.5. The fraction of sp³-hybridized carbons (Fsp3) is 0.143. The van der Waals surface area contributed by atoms with Crippen molar-refractivity contribution in [3.05, 3.63) is 58.4 Å². The van der Waals surface area contributed by atoms with Crippen LogP contribution in [0.3, 0.4) is 0 Å². The number of ketones is 1. The molecular weight excluding hydrogens is 307 g/mol. The van der Waals surface area contributed by atoms with Gasteiger partial charge in [0.2, 0.25) is 5.78 Å². The standard InChI is InChI=1S/C14H9ClF3NO2/c1-21-12-5-3-9(15)6-10(12)13(20)11-4-2-8(7-19-11)14(16,17)18/h2-7H,1H3. The van der Waals surface area contributed by atoms with Gasteiger partial charge in [-0.1, -0.05) is 11.6 Å². The van der Waals surface area contributed by atoms with E-state index in [0.717, 1.165) is 12.1 Å². The van der Waals surface area contributed by atoms with Gasteiger partial charge in [0.1, 0.15) is 11.4 Å². The number of halogens is 4. The van der Waals surface area contributed by atoms with Crippen molar-refractivity contribution in [1.82, 2.24) is 4.98 Å². The van der Waals surface area contributed by atoms with Crippen LogP contribution in [0.5, 0.6) is 5.75 Å². The molecule has 0 radical (unpaired) electrons. The predicted octanol–water partition coefficient (Wildman–Crippen LogP) is 3.99. The van der Waals surface area contributed by atoms with Crippen LogP contribution in [0, 0.1) is 0 Å². The monoisotopic (exact) mass is 315 g/mol. The Morgan fingerprint density at radius 3 is 2.48 bits per heavy atom. The maximum atomic E-state index is 12.5. The molecule has 0 spiro atoms. The molecule has 0 fully saturated rings. The van der Waals surface area contributed by atoms with Crippen LogP contribution < -0.4 is 4.74 Å². The molecule has 0 amide bonds. The van der Waals surface area contributed by atoms with Gasteiger partial charge >= 0.3 is 6.18 Å². The molecule has 0 saturated heterocycles. The van der Waals surface area contributed by atoms with Gasteiger partial charge in [0.15, 0.2) is 0 Å². The molecule has 0 unspecified atom stereocenters. The SMILES string of the molecule is COc1ccc(Cl)cc1C(=O)c1ccc(C(F)(F)F)cn1.